The summed E-state index contributed by atoms with van der Waals surface area (Å²) in [6.45, 7) is 3.83. The van der Waals surface area contributed by atoms with E-state index in [4.69, 9.17) is 11.6 Å². The number of amides is 1. The Morgan fingerprint density at radius 2 is 1.83 bits per heavy atom. The minimum atomic E-state index is -3.91. The van der Waals surface area contributed by atoms with Crippen LogP contribution in [0.25, 0.3) is 0 Å². The van der Waals surface area contributed by atoms with Gasteiger partial charge in [-0.3, -0.25) is 10.1 Å². The van der Waals surface area contributed by atoms with Gasteiger partial charge < -0.3 is 0 Å². The number of aryl methyl sites for hydroxylation is 1. The monoisotopic (exact) mass is 450 g/mol. The zero-order chi connectivity index (χ0) is 21.0. The molecule has 0 saturated heterocycles. The molecule has 3 rings (SSSR count). The molecule has 0 saturated carbocycles. The molecule has 29 heavy (non-hydrogen) atoms. The lowest BCUT2D eigenvalue weighted by molar-refractivity contribution is 0.102. The lowest BCUT2D eigenvalue weighted by Crippen LogP contribution is -2.28. The first-order chi connectivity index (χ1) is 13.8. The number of halogens is 1. The Labute approximate surface area is 178 Å². The first-order valence-electron chi connectivity index (χ1n) is 8.79. The van der Waals surface area contributed by atoms with Gasteiger partial charge >= 0.3 is 0 Å². The number of nitrogens with zero attached hydrogens (tertiary/aromatic N) is 2. The Hall–Kier alpha value is -2.33. The summed E-state index contributed by atoms with van der Waals surface area (Å²) >= 11 is 6.78. The van der Waals surface area contributed by atoms with Gasteiger partial charge in [-0.25, -0.2) is 13.1 Å². The van der Waals surface area contributed by atoms with E-state index in [-0.39, 0.29) is 20.1 Å². The van der Waals surface area contributed by atoms with E-state index in [1.807, 2.05) is 38.1 Å². The lowest BCUT2D eigenvalue weighted by Gasteiger charge is -2.18. The van der Waals surface area contributed by atoms with Crippen LogP contribution in [0.3, 0.4) is 0 Å². The molecule has 2 N–H and O–H groups in total. The highest BCUT2D eigenvalue weighted by Gasteiger charge is 2.25. The van der Waals surface area contributed by atoms with Crippen molar-refractivity contribution < 1.29 is 13.2 Å². The average molecular weight is 451 g/mol. The van der Waals surface area contributed by atoms with Gasteiger partial charge in [0, 0.05) is 6.04 Å². The molecule has 0 radical (unpaired) electrons. The Kier molecular flexibility index (Phi) is 6.63. The van der Waals surface area contributed by atoms with Crippen molar-refractivity contribution in [2.45, 2.75) is 30.6 Å². The molecule has 3 aromatic rings. The van der Waals surface area contributed by atoms with Crippen LogP contribution in [0.15, 0.2) is 52.9 Å². The van der Waals surface area contributed by atoms with E-state index < -0.39 is 22.0 Å². The molecule has 1 aromatic heterocycles. The molecule has 0 spiro atoms. The van der Waals surface area contributed by atoms with E-state index in [0.717, 1.165) is 22.5 Å². The fourth-order valence-electron chi connectivity index (χ4n) is 2.76. The molecule has 0 aliphatic heterocycles. The number of hydrogen-bond acceptors (Lipinski definition) is 6. The minimum absolute atomic E-state index is 0.0687. The molecule has 1 heterocycles. The second-order valence-electron chi connectivity index (χ2n) is 6.25. The highest BCUT2D eigenvalue weighted by atomic mass is 35.5. The number of carbonyl (C=O) groups excluding carboxylic acids is 1. The number of hydrogen-bond donors (Lipinski definition) is 2. The molecule has 0 bridgehead atoms. The van der Waals surface area contributed by atoms with E-state index >= 15 is 0 Å². The van der Waals surface area contributed by atoms with Gasteiger partial charge in [-0.2, -0.15) is 0 Å². The van der Waals surface area contributed by atoms with E-state index in [1.165, 1.54) is 0 Å². The smallest absolute Gasteiger partial charge is 0.270 e. The third-order valence-corrected chi connectivity index (χ3v) is 7.25. The molecular formula is C19H19ClN4O3S2. The molecule has 10 heteroatoms. The number of nitrogens with one attached hydrogen (secondary N) is 2. The molecule has 1 amide bonds. The van der Waals surface area contributed by atoms with E-state index in [0.29, 0.717) is 6.42 Å². The zero-order valence-electron chi connectivity index (χ0n) is 15.7. The van der Waals surface area contributed by atoms with Crippen LogP contribution in [0.4, 0.5) is 5.13 Å². The molecule has 1 unspecified atom stereocenters. The second-order valence-corrected chi connectivity index (χ2v) is 9.52. The van der Waals surface area contributed by atoms with Crippen molar-refractivity contribution in [3.8, 4) is 0 Å². The maximum absolute atomic E-state index is 12.8. The summed E-state index contributed by atoms with van der Waals surface area (Å²) in [7, 11) is -3.91. The van der Waals surface area contributed by atoms with E-state index in [2.05, 4.69) is 20.2 Å². The van der Waals surface area contributed by atoms with Crippen molar-refractivity contribution in [1.82, 2.24) is 14.9 Å². The van der Waals surface area contributed by atoms with Crippen LogP contribution in [-0.4, -0.2) is 24.5 Å². The lowest BCUT2D eigenvalue weighted by atomic mass is 10.0. The molecule has 0 fully saturated rings. The van der Waals surface area contributed by atoms with Crippen LogP contribution < -0.4 is 10.0 Å². The minimum Gasteiger partial charge on any atom is -0.296 e. The van der Waals surface area contributed by atoms with Crippen LogP contribution in [0, 0.1) is 6.92 Å². The predicted molar refractivity (Wildman–Crippen MR) is 114 cm³/mol. The molecule has 152 valence electrons. The molecule has 7 nitrogen and oxygen atoms in total. The van der Waals surface area contributed by atoms with E-state index in [9.17, 15) is 13.2 Å². The Morgan fingerprint density at radius 1 is 1.14 bits per heavy atom. The topological polar surface area (TPSA) is 101 Å². The van der Waals surface area contributed by atoms with Crippen LogP contribution >= 0.6 is 22.9 Å². The van der Waals surface area contributed by atoms with Gasteiger partial charge in [0.2, 0.25) is 9.47 Å². The number of anilines is 1. The van der Waals surface area contributed by atoms with Crippen LogP contribution in [0.1, 0.15) is 40.9 Å². The molecular weight excluding hydrogens is 432 g/mol. The first-order valence-corrected chi connectivity index (χ1v) is 11.5. The van der Waals surface area contributed by atoms with Gasteiger partial charge in [0.05, 0.1) is 10.6 Å². The average Bonchev–Trinajstić information content (AvgIpc) is 3.16. The van der Waals surface area contributed by atoms with Crippen molar-refractivity contribution in [3.05, 3.63) is 70.2 Å². The highest BCUT2D eigenvalue weighted by Crippen LogP contribution is 2.26. The Bertz CT molecular complexity index is 1130. The van der Waals surface area contributed by atoms with Gasteiger partial charge in [0.25, 0.3) is 15.9 Å². The van der Waals surface area contributed by atoms with Crippen molar-refractivity contribution in [2.24, 2.45) is 0 Å². The number of rotatable bonds is 7. The van der Waals surface area contributed by atoms with Gasteiger partial charge in [0.1, 0.15) is 0 Å². The molecule has 2 aromatic carbocycles. The molecule has 1 atom stereocenters. The molecule has 0 aliphatic rings. The Balaban J connectivity index is 1.77. The SMILES string of the molecule is CCC(NS(=O)(=O)c1nnc(NC(=O)c2ccccc2Cl)s1)c1ccccc1C. The zero-order valence-corrected chi connectivity index (χ0v) is 18.1. The summed E-state index contributed by atoms with van der Waals surface area (Å²) in [5.41, 5.74) is 2.15. The quantitative estimate of drug-likeness (QED) is 0.526. The van der Waals surface area contributed by atoms with E-state index in [1.54, 1.807) is 24.3 Å². The first kappa shape index (κ1) is 21.4. The third-order valence-electron chi connectivity index (χ3n) is 4.24. The van der Waals surface area contributed by atoms with Gasteiger partial charge in [-0.05, 0) is 36.6 Å². The summed E-state index contributed by atoms with van der Waals surface area (Å²) in [4.78, 5) is 12.3. The standard InChI is InChI=1S/C19H19ClN4O3S2/c1-3-16(13-9-5-4-8-12(13)2)24-29(26,27)19-23-22-18(28-19)21-17(25)14-10-6-7-11-15(14)20/h4-11,16,24H,3H2,1-2H3,(H,21,22,25). The van der Waals surface area contributed by atoms with Gasteiger partial charge in [0.15, 0.2) is 0 Å². The fourth-order valence-corrected chi connectivity index (χ4v) is 5.19. The van der Waals surface area contributed by atoms with Crippen molar-refractivity contribution in [2.75, 3.05) is 5.32 Å². The van der Waals surface area contributed by atoms with Crippen molar-refractivity contribution >= 4 is 44.0 Å². The largest absolute Gasteiger partial charge is 0.296 e. The highest BCUT2D eigenvalue weighted by molar-refractivity contribution is 7.91. The van der Waals surface area contributed by atoms with Crippen molar-refractivity contribution in [1.29, 1.82) is 0 Å². The second kappa shape index (κ2) is 9.00. The van der Waals surface area contributed by atoms with Crippen LogP contribution in [-0.2, 0) is 10.0 Å². The number of carbonyl (C=O) groups is 1. The molecule has 0 aliphatic carbocycles. The summed E-state index contributed by atoms with van der Waals surface area (Å²) in [6, 6.07) is 13.7. The van der Waals surface area contributed by atoms with Crippen molar-refractivity contribution in [3.63, 3.8) is 0 Å². The number of sulfonamides is 1. The summed E-state index contributed by atoms with van der Waals surface area (Å²) in [5, 5.41) is 10.4. The Morgan fingerprint density at radius 3 is 2.52 bits per heavy atom. The number of aromatic nitrogens is 2. The van der Waals surface area contributed by atoms with Gasteiger partial charge in [-0.1, -0.05) is 66.3 Å². The maximum atomic E-state index is 12.8. The normalized spacial score (nSPS) is 12.5. The number of benzene rings is 2. The third kappa shape index (κ3) is 4.99. The van der Waals surface area contributed by atoms with Gasteiger partial charge in [-0.15, -0.1) is 10.2 Å². The predicted octanol–water partition coefficient (Wildman–Crippen LogP) is 4.18. The van der Waals surface area contributed by atoms with Crippen LogP contribution in [0.2, 0.25) is 5.02 Å². The summed E-state index contributed by atoms with van der Waals surface area (Å²) in [5.74, 6) is -0.491. The summed E-state index contributed by atoms with van der Waals surface area (Å²) in [6.07, 6.45) is 0.568. The maximum Gasteiger partial charge on any atom is 0.270 e. The fraction of sp³-hybridized carbons (Fsp3) is 0.211. The summed E-state index contributed by atoms with van der Waals surface area (Å²) < 4.78 is 28.0. The van der Waals surface area contributed by atoms with Crippen LogP contribution in [0.5, 0.6) is 0 Å².